The Balaban J connectivity index is 1.49. The summed E-state index contributed by atoms with van der Waals surface area (Å²) < 4.78 is 37.8. The van der Waals surface area contributed by atoms with E-state index in [2.05, 4.69) is 5.32 Å². The second kappa shape index (κ2) is 9.07. The minimum absolute atomic E-state index is 0.0285. The predicted molar refractivity (Wildman–Crippen MR) is 116 cm³/mol. The van der Waals surface area contributed by atoms with Crippen LogP contribution in [-0.4, -0.2) is 56.0 Å². The number of aryl methyl sites for hydroxylation is 1. The zero-order chi connectivity index (χ0) is 22.7. The van der Waals surface area contributed by atoms with Crippen molar-refractivity contribution in [3.63, 3.8) is 0 Å². The van der Waals surface area contributed by atoms with Crippen molar-refractivity contribution in [3.8, 4) is 11.5 Å². The van der Waals surface area contributed by atoms with Crippen LogP contribution in [0.3, 0.4) is 0 Å². The van der Waals surface area contributed by atoms with E-state index in [9.17, 15) is 18.0 Å². The van der Waals surface area contributed by atoms with Gasteiger partial charge >= 0.3 is 6.03 Å². The molecule has 1 fully saturated rings. The summed E-state index contributed by atoms with van der Waals surface area (Å²) in [6.07, 6.45) is 1.61. The molecule has 170 valence electrons. The Bertz CT molecular complexity index is 1110. The Morgan fingerprint density at radius 3 is 2.44 bits per heavy atom. The molecule has 2 aromatic carbocycles. The van der Waals surface area contributed by atoms with E-state index in [0.717, 1.165) is 24.0 Å². The number of carbonyl (C=O) groups excluding carboxylic acids is 2. The highest BCUT2D eigenvalue weighted by Gasteiger charge is 2.35. The highest BCUT2D eigenvalue weighted by molar-refractivity contribution is 7.89. The van der Waals surface area contributed by atoms with Crippen LogP contribution in [0.5, 0.6) is 11.5 Å². The molecule has 3 amide bonds. The van der Waals surface area contributed by atoms with Crippen molar-refractivity contribution in [1.29, 1.82) is 0 Å². The summed E-state index contributed by atoms with van der Waals surface area (Å²) in [4.78, 5) is 27.1. The number of rotatable bonds is 6. The summed E-state index contributed by atoms with van der Waals surface area (Å²) in [5.41, 5.74) is 1.66. The summed E-state index contributed by atoms with van der Waals surface area (Å²) in [5.74, 6) is 0.641. The van der Waals surface area contributed by atoms with Crippen LogP contribution in [0, 0.1) is 6.92 Å². The largest absolute Gasteiger partial charge is 0.454 e. The van der Waals surface area contributed by atoms with Gasteiger partial charge in [-0.15, -0.1) is 0 Å². The molecule has 0 bridgehead atoms. The molecule has 0 aromatic heterocycles. The number of nitrogens with zero attached hydrogens (tertiary/aromatic N) is 2. The lowest BCUT2D eigenvalue weighted by molar-refractivity contribution is -0.121. The van der Waals surface area contributed by atoms with Gasteiger partial charge in [0.15, 0.2) is 11.5 Å². The average molecular weight is 460 g/mol. The van der Waals surface area contributed by atoms with E-state index >= 15 is 0 Å². The number of hydrogen-bond donors (Lipinski definition) is 1. The average Bonchev–Trinajstić information content (AvgIpc) is 3.47. The highest BCUT2D eigenvalue weighted by Crippen LogP contribution is 2.32. The Morgan fingerprint density at radius 1 is 1.03 bits per heavy atom. The molecular weight excluding hydrogens is 434 g/mol. The highest BCUT2D eigenvalue weighted by atomic mass is 32.2. The molecule has 0 unspecified atom stereocenters. The molecule has 2 aliphatic rings. The first-order valence-corrected chi connectivity index (χ1v) is 11.8. The summed E-state index contributed by atoms with van der Waals surface area (Å²) in [7, 11) is -4.20. The van der Waals surface area contributed by atoms with Gasteiger partial charge in [0.25, 0.3) is 10.0 Å². The van der Waals surface area contributed by atoms with Crippen molar-refractivity contribution in [3.05, 3.63) is 53.6 Å². The zero-order valence-corrected chi connectivity index (χ0v) is 18.6. The van der Waals surface area contributed by atoms with Crippen molar-refractivity contribution in [2.45, 2.75) is 31.2 Å². The zero-order valence-electron chi connectivity index (χ0n) is 17.7. The van der Waals surface area contributed by atoms with Gasteiger partial charge in [0.05, 0.1) is 4.90 Å². The quantitative estimate of drug-likeness (QED) is 0.710. The third-order valence-corrected chi connectivity index (χ3v) is 7.15. The van der Waals surface area contributed by atoms with Crippen molar-refractivity contribution < 1.29 is 27.5 Å². The number of benzene rings is 2. The van der Waals surface area contributed by atoms with Gasteiger partial charge in [-0.05, 0) is 49.6 Å². The van der Waals surface area contributed by atoms with Gasteiger partial charge in [0.2, 0.25) is 12.7 Å². The van der Waals surface area contributed by atoms with Crippen LogP contribution in [0.2, 0.25) is 0 Å². The van der Waals surface area contributed by atoms with Gasteiger partial charge in [0.1, 0.15) is 6.54 Å². The molecule has 0 radical (unpaired) electrons. The SMILES string of the molecule is Cc1ccc(S(=O)(=O)N(CC(=O)NCc2ccc3c(c2)OCO3)C(=O)N2CCCC2)cc1. The molecule has 4 rings (SSSR count). The number of amides is 3. The minimum Gasteiger partial charge on any atom is -0.454 e. The number of fused-ring (bicyclic) bond motifs is 1. The molecule has 0 aliphatic carbocycles. The van der Waals surface area contributed by atoms with Crippen molar-refractivity contribution >= 4 is 22.0 Å². The molecule has 10 heteroatoms. The molecule has 9 nitrogen and oxygen atoms in total. The maximum absolute atomic E-state index is 13.2. The van der Waals surface area contributed by atoms with E-state index < -0.39 is 28.5 Å². The van der Waals surface area contributed by atoms with Crippen LogP contribution in [0.1, 0.15) is 24.0 Å². The Morgan fingerprint density at radius 2 is 1.72 bits per heavy atom. The maximum atomic E-state index is 13.2. The van der Waals surface area contributed by atoms with Crippen LogP contribution < -0.4 is 14.8 Å². The van der Waals surface area contributed by atoms with Gasteiger partial charge in [-0.25, -0.2) is 17.5 Å². The summed E-state index contributed by atoms with van der Waals surface area (Å²) in [5, 5.41) is 2.69. The van der Waals surface area contributed by atoms with Gasteiger partial charge in [-0.3, -0.25) is 4.79 Å². The molecule has 1 N–H and O–H groups in total. The predicted octanol–water partition coefficient (Wildman–Crippen LogP) is 2.25. The third kappa shape index (κ3) is 4.64. The van der Waals surface area contributed by atoms with Gasteiger partial charge in [-0.1, -0.05) is 23.8 Å². The molecule has 1 saturated heterocycles. The second-order valence-corrected chi connectivity index (χ2v) is 9.63. The van der Waals surface area contributed by atoms with Crippen LogP contribution >= 0.6 is 0 Å². The van der Waals surface area contributed by atoms with E-state index in [1.54, 1.807) is 30.3 Å². The fraction of sp³-hybridized carbons (Fsp3) is 0.364. The van der Waals surface area contributed by atoms with Crippen molar-refractivity contribution in [1.82, 2.24) is 14.5 Å². The topological polar surface area (TPSA) is 105 Å². The normalized spacial score (nSPS) is 15.0. The lowest BCUT2D eigenvalue weighted by Gasteiger charge is -2.27. The standard InChI is InChI=1S/C22H25N3O6S/c1-16-4-7-18(8-5-16)32(28,29)25(22(27)24-10-2-3-11-24)14-21(26)23-13-17-6-9-19-20(12-17)31-15-30-19/h4-9,12H,2-3,10-11,13-15H2,1H3,(H,23,26). The molecule has 0 atom stereocenters. The molecular formula is C22H25N3O6S. The first-order chi connectivity index (χ1) is 15.3. The van der Waals surface area contributed by atoms with Gasteiger partial charge in [0, 0.05) is 19.6 Å². The fourth-order valence-corrected chi connectivity index (χ4v) is 4.94. The smallest absolute Gasteiger partial charge is 0.334 e. The van der Waals surface area contributed by atoms with Crippen LogP contribution in [0.15, 0.2) is 47.4 Å². The van der Waals surface area contributed by atoms with Crippen molar-refractivity contribution in [2.75, 3.05) is 26.4 Å². The van der Waals surface area contributed by atoms with E-state index in [-0.39, 0.29) is 18.2 Å². The number of nitrogens with one attached hydrogen (secondary N) is 1. The van der Waals surface area contributed by atoms with Crippen LogP contribution in [0.4, 0.5) is 4.79 Å². The summed E-state index contributed by atoms with van der Waals surface area (Å²) >= 11 is 0. The number of hydrogen-bond acceptors (Lipinski definition) is 6. The molecule has 2 aromatic rings. The first-order valence-electron chi connectivity index (χ1n) is 10.4. The second-order valence-electron chi connectivity index (χ2n) is 7.77. The lowest BCUT2D eigenvalue weighted by Crippen LogP contribution is -2.49. The van der Waals surface area contributed by atoms with Gasteiger partial charge in [-0.2, -0.15) is 0 Å². The number of sulfonamides is 1. The van der Waals surface area contributed by atoms with Crippen LogP contribution in [-0.2, 0) is 21.4 Å². The summed E-state index contributed by atoms with van der Waals surface area (Å²) in [6.45, 7) is 2.49. The molecule has 0 saturated carbocycles. The van der Waals surface area contributed by atoms with Crippen molar-refractivity contribution in [2.24, 2.45) is 0 Å². The Labute approximate surface area is 187 Å². The first kappa shape index (κ1) is 21.9. The van der Waals surface area contributed by atoms with Crippen LogP contribution in [0.25, 0.3) is 0 Å². The summed E-state index contributed by atoms with van der Waals surface area (Å²) in [6, 6.07) is 10.8. The van der Waals surface area contributed by atoms with Gasteiger partial charge < -0.3 is 19.7 Å². The van der Waals surface area contributed by atoms with E-state index in [1.807, 2.05) is 6.92 Å². The Hall–Kier alpha value is -3.27. The third-order valence-electron chi connectivity index (χ3n) is 5.41. The molecule has 2 aliphatic heterocycles. The number of carbonyl (C=O) groups is 2. The lowest BCUT2D eigenvalue weighted by atomic mass is 10.2. The maximum Gasteiger partial charge on any atom is 0.334 e. The molecule has 0 spiro atoms. The Kier molecular flexibility index (Phi) is 6.22. The fourth-order valence-electron chi connectivity index (χ4n) is 3.60. The van der Waals surface area contributed by atoms with E-state index in [0.29, 0.717) is 28.9 Å². The minimum atomic E-state index is -4.20. The van der Waals surface area contributed by atoms with E-state index in [4.69, 9.17) is 9.47 Å². The number of urea groups is 1. The van der Waals surface area contributed by atoms with E-state index in [1.165, 1.54) is 17.0 Å². The number of likely N-dealkylation sites (tertiary alicyclic amines) is 1. The molecule has 2 heterocycles. The molecule has 32 heavy (non-hydrogen) atoms. The number of ether oxygens (including phenoxy) is 2. The monoisotopic (exact) mass is 459 g/mol.